The van der Waals surface area contributed by atoms with Gasteiger partial charge in [-0.1, -0.05) is 12.1 Å². The van der Waals surface area contributed by atoms with Gasteiger partial charge in [-0.05, 0) is 48.0 Å². The first kappa shape index (κ1) is 17.7. The van der Waals surface area contributed by atoms with E-state index in [0.29, 0.717) is 17.9 Å². The Hall–Kier alpha value is -3.13. The van der Waals surface area contributed by atoms with Crippen LogP contribution in [0, 0.1) is 0 Å². The fourth-order valence-electron chi connectivity index (χ4n) is 2.39. The van der Waals surface area contributed by atoms with E-state index < -0.39 is 10.0 Å². The average Bonchev–Trinajstić information content (AvgIpc) is 3.09. The van der Waals surface area contributed by atoms with Crippen molar-refractivity contribution >= 4 is 27.3 Å². The van der Waals surface area contributed by atoms with Gasteiger partial charge in [-0.15, -0.1) is 0 Å². The van der Waals surface area contributed by atoms with E-state index in [4.69, 9.17) is 0 Å². The van der Waals surface area contributed by atoms with E-state index in [1.165, 1.54) is 19.1 Å². The number of benzene rings is 2. The number of hydrogen-bond donors (Lipinski definition) is 2. The van der Waals surface area contributed by atoms with Crippen molar-refractivity contribution in [3.63, 3.8) is 0 Å². The van der Waals surface area contributed by atoms with Gasteiger partial charge in [0.05, 0.1) is 11.4 Å². The van der Waals surface area contributed by atoms with E-state index in [0.717, 1.165) is 5.56 Å². The Morgan fingerprint density at radius 1 is 1.04 bits per heavy atom. The Morgan fingerprint density at radius 2 is 1.69 bits per heavy atom. The molecule has 7 nitrogen and oxygen atoms in total. The van der Waals surface area contributed by atoms with Crippen LogP contribution in [-0.2, 0) is 21.4 Å². The third-order valence-electron chi connectivity index (χ3n) is 3.59. The Labute approximate surface area is 151 Å². The highest BCUT2D eigenvalue weighted by Crippen LogP contribution is 2.19. The van der Waals surface area contributed by atoms with Crippen LogP contribution in [0.1, 0.15) is 12.5 Å². The van der Waals surface area contributed by atoms with Crippen LogP contribution in [0.3, 0.4) is 0 Å². The summed E-state index contributed by atoms with van der Waals surface area (Å²) in [7, 11) is -3.70. The number of aromatic nitrogens is 2. The van der Waals surface area contributed by atoms with E-state index in [-0.39, 0.29) is 10.8 Å². The van der Waals surface area contributed by atoms with Gasteiger partial charge in [0.1, 0.15) is 0 Å². The monoisotopic (exact) mass is 370 g/mol. The molecule has 1 aromatic heterocycles. The molecule has 0 atom stereocenters. The second-order valence-corrected chi connectivity index (χ2v) is 7.39. The SMILES string of the molecule is CC(=O)Nc1ccc(S(=O)(=O)Nc2ccc(Cn3cccn3)cc2)cc1. The summed E-state index contributed by atoms with van der Waals surface area (Å²) in [5, 5.41) is 6.73. The van der Waals surface area contributed by atoms with Crippen LogP contribution in [0.5, 0.6) is 0 Å². The molecule has 26 heavy (non-hydrogen) atoms. The number of nitrogens with zero attached hydrogens (tertiary/aromatic N) is 2. The topological polar surface area (TPSA) is 93.1 Å². The first-order chi connectivity index (χ1) is 12.4. The molecule has 3 rings (SSSR count). The van der Waals surface area contributed by atoms with Crippen molar-refractivity contribution in [1.29, 1.82) is 0 Å². The van der Waals surface area contributed by atoms with Crippen LogP contribution in [0.4, 0.5) is 11.4 Å². The molecule has 0 fully saturated rings. The number of carbonyl (C=O) groups is 1. The summed E-state index contributed by atoms with van der Waals surface area (Å²) in [5.41, 5.74) is 2.02. The molecule has 0 saturated carbocycles. The molecular formula is C18H18N4O3S. The molecule has 0 bridgehead atoms. The van der Waals surface area contributed by atoms with Crippen molar-refractivity contribution in [2.75, 3.05) is 10.0 Å². The standard InChI is InChI=1S/C18H18N4O3S/c1-14(23)20-16-7-9-18(10-8-16)26(24,25)21-17-5-3-15(4-6-17)13-22-12-2-11-19-22/h2-12,21H,13H2,1H3,(H,20,23). The van der Waals surface area contributed by atoms with E-state index in [1.54, 1.807) is 35.1 Å². The summed E-state index contributed by atoms with van der Waals surface area (Å²) >= 11 is 0. The quantitative estimate of drug-likeness (QED) is 0.698. The average molecular weight is 370 g/mol. The van der Waals surface area contributed by atoms with Gasteiger partial charge in [0.25, 0.3) is 10.0 Å². The minimum Gasteiger partial charge on any atom is -0.326 e. The summed E-state index contributed by atoms with van der Waals surface area (Å²) in [5.74, 6) is -0.214. The van der Waals surface area contributed by atoms with E-state index in [9.17, 15) is 13.2 Å². The molecule has 134 valence electrons. The third-order valence-corrected chi connectivity index (χ3v) is 4.99. The van der Waals surface area contributed by atoms with E-state index >= 15 is 0 Å². The lowest BCUT2D eigenvalue weighted by Crippen LogP contribution is -2.13. The maximum Gasteiger partial charge on any atom is 0.261 e. The molecule has 1 heterocycles. The molecule has 2 aromatic carbocycles. The zero-order valence-electron chi connectivity index (χ0n) is 14.1. The zero-order chi connectivity index (χ0) is 18.6. The molecule has 0 aliphatic rings. The van der Waals surface area contributed by atoms with Crippen LogP contribution in [0.2, 0.25) is 0 Å². The smallest absolute Gasteiger partial charge is 0.261 e. The van der Waals surface area contributed by atoms with Gasteiger partial charge in [0, 0.05) is 30.7 Å². The number of carbonyl (C=O) groups excluding carboxylic acids is 1. The highest BCUT2D eigenvalue weighted by molar-refractivity contribution is 7.92. The molecule has 0 aliphatic carbocycles. The number of rotatable bonds is 6. The molecule has 2 N–H and O–H groups in total. The second kappa shape index (κ2) is 7.40. The maximum absolute atomic E-state index is 12.5. The van der Waals surface area contributed by atoms with Gasteiger partial charge < -0.3 is 5.32 Å². The lowest BCUT2D eigenvalue weighted by atomic mass is 10.2. The van der Waals surface area contributed by atoms with Crippen molar-refractivity contribution in [2.45, 2.75) is 18.4 Å². The number of nitrogens with one attached hydrogen (secondary N) is 2. The zero-order valence-corrected chi connectivity index (χ0v) is 14.9. The first-order valence-corrected chi connectivity index (χ1v) is 9.37. The van der Waals surface area contributed by atoms with Gasteiger partial charge >= 0.3 is 0 Å². The first-order valence-electron chi connectivity index (χ1n) is 7.89. The fourth-order valence-corrected chi connectivity index (χ4v) is 3.45. The molecule has 8 heteroatoms. The van der Waals surface area contributed by atoms with Crippen molar-refractivity contribution in [2.24, 2.45) is 0 Å². The number of hydrogen-bond acceptors (Lipinski definition) is 4. The minimum atomic E-state index is -3.70. The van der Waals surface area contributed by atoms with Gasteiger partial charge in [-0.2, -0.15) is 5.10 Å². The highest BCUT2D eigenvalue weighted by atomic mass is 32.2. The van der Waals surface area contributed by atoms with Gasteiger partial charge in [-0.3, -0.25) is 14.2 Å². The molecule has 0 spiro atoms. The van der Waals surface area contributed by atoms with Gasteiger partial charge in [-0.25, -0.2) is 8.42 Å². The van der Waals surface area contributed by atoms with Crippen LogP contribution in [-0.4, -0.2) is 24.1 Å². The highest BCUT2D eigenvalue weighted by Gasteiger charge is 2.14. The third kappa shape index (κ3) is 4.48. The number of amides is 1. The Balaban J connectivity index is 1.69. The lowest BCUT2D eigenvalue weighted by Gasteiger charge is -2.10. The summed E-state index contributed by atoms with van der Waals surface area (Å²) in [6, 6.07) is 14.9. The van der Waals surface area contributed by atoms with Crippen LogP contribution >= 0.6 is 0 Å². The maximum atomic E-state index is 12.5. The van der Waals surface area contributed by atoms with Crippen LogP contribution < -0.4 is 10.0 Å². The van der Waals surface area contributed by atoms with E-state index in [2.05, 4.69) is 15.1 Å². The molecule has 0 unspecified atom stereocenters. The largest absolute Gasteiger partial charge is 0.326 e. The van der Waals surface area contributed by atoms with Gasteiger partial charge in [0.2, 0.25) is 5.91 Å². The molecule has 0 radical (unpaired) electrons. The Kier molecular flexibility index (Phi) is 5.04. The van der Waals surface area contributed by atoms with Gasteiger partial charge in [0.15, 0.2) is 0 Å². The molecular weight excluding hydrogens is 352 g/mol. The van der Waals surface area contributed by atoms with E-state index in [1.807, 2.05) is 24.4 Å². The number of anilines is 2. The molecule has 1 amide bonds. The fraction of sp³-hybridized carbons (Fsp3) is 0.111. The summed E-state index contributed by atoms with van der Waals surface area (Å²) in [4.78, 5) is 11.1. The molecule has 0 aliphatic heterocycles. The Bertz CT molecular complexity index is 980. The Morgan fingerprint density at radius 3 is 2.27 bits per heavy atom. The summed E-state index contributed by atoms with van der Waals surface area (Å²) in [6.07, 6.45) is 3.57. The number of sulfonamides is 1. The summed E-state index contributed by atoms with van der Waals surface area (Å²) in [6.45, 7) is 2.01. The predicted octanol–water partition coefficient (Wildman–Crippen LogP) is 2.69. The normalized spacial score (nSPS) is 11.1. The van der Waals surface area contributed by atoms with Crippen molar-refractivity contribution in [3.05, 3.63) is 72.6 Å². The van der Waals surface area contributed by atoms with Crippen LogP contribution in [0.25, 0.3) is 0 Å². The van der Waals surface area contributed by atoms with Crippen molar-refractivity contribution in [1.82, 2.24) is 9.78 Å². The lowest BCUT2D eigenvalue weighted by molar-refractivity contribution is -0.114. The van der Waals surface area contributed by atoms with Crippen molar-refractivity contribution < 1.29 is 13.2 Å². The minimum absolute atomic E-state index is 0.118. The van der Waals surface area contributed by atoms with Crippen molar-refractivity contribution in [3.8, 4) is 0 Å². The summed E-state index contributed by atoms with van der Waals surface area (Å²) < 4.78 is 29.3. The predicted molar refractivity (Wildman–Crippen MR) is 99.3 cm³/mol. The molecule has 0 saturated heterocycles. The second-order valence-electron chi connectivity index (χ2n) is 5.71. The van der Waals surface area contributed by atoms with Crippen LogP contribution in [0.15, 0.2) is 71.9 Å². The molecule has 3 aromatic rings.